The van der Waals surface area contributed by atoms with Gasteiger partial charge in [0.15, 0.2) is 37.7 Å². The molecule has 1 aromatic rings. The van der Waals surface area contributed by atoms with Crippen molar-refractivity contribution >= 4 is 29.5 Å². The molecule has 6 aliphatic heterocycles. The van der Waals surface area contributed by atoms with Crippen LogP contribution in [0, 0.1) is 0 Å². The van der Waals surface area contributed by atoms with Crippen molar-refractivity contribution in [1.82, 2.24) is 26.6 Å². The molecule has 7 rings (SSSR count). The van der Waals surface area contributed by atoms with E-state index >= 15 is 0 Å². The Morgan fingerprint density at radius 3 is 1.27 bits per heavy atom. The van der Waals surface area contributed by atoms with Crippen LogP contribution >= 0.6 is 0 Å². The minimum Gasteiger partial charge on any atom is -0.494 e. The summed E-state index contributed by atoms with van der Waals surface area (Å²) in [6.45, 7) is 3.61. The predicted molar refractivity (Wildman–Crippen MR) is 333 cm³/mol. The molecule has 0 saturated carbocycles. The van der Waals surface area contributed by atoms with E-state index in [2.05, 4.69) is 33.5 Å². The van der Waals surface area contributed by atoms with Crippen LogP contribution in [0.4, 0.5) is 0 Å². The van der Waals surface area contributed by atoms with E-state index in [1.165, 1.54) is 58.3 Å². The van der Waals surface area contributed by atoms with Gasteiger partial charge in [-0.25, -0.2) is 0 Å². The van der Waals surface area contributed by atoms with E-state index < -0.39 is 246 Å². The standard InChI is InChI=1S/C63H103N5O31/c1-8-9-10-11-12-13-14-15-16-20-88-33-19-17-18-32(21-33)57(85)68-40-46(79)45(78)34(22-69)92-59(40)96-52-35(23-70)93-60(41(48(52)81)65-29(4)74)97-53-36(24-71)94-61(42(49(53)82)66-30(5)75)98-54-37(25-72)95-62(43(50(54)83)67-31(6)76)99-55-38(91-58(86)39(47(55)80)64-28(3)73)26-89-63-56(87-7)51(84)44(77)27(2)90-63/h17-19,21,27,34-56,58-63,69-72,77-84,86H,8-16,20,22-26H2,1-7H3,(H,64,73)(H,65,74)(H,66,75)(H,67,76)(H,68,85)/t27?,34?,35-,36?,37-,38?,39-,40-,41?,42-,43?,44?,45+,46+,47+,48?,49+,50?,51-,52+,53?,54+,55?,56+,58+,59?,60?,61-,62?,63+/m0/s1. The number of benzene rings is 1. The Labute approximate surface area is 572 Å². The van der Waals surface area contributed by atoms with E-state index in [-0.39, 0.29) is 5.56 Å². The second-order valence-electron chi connectivity index (χ2n) is 25.6. The molecule has 36 heteroatoms. The van der Waals surface area contributed by atoms with Crippen molar-refractivity contribution in [1.29, 1.82) is 0 Å². The van der Waals surface area contributed by atoms with E-state index in [0.29, 0.717) is 12.4 Å². The van der Waals surface area contributed by atoms with Crippen LogP contribution in [0.5, 0.6) is 5.75 Å². The molecule has 6 aliphatic rings. The highest BCUT2D eigenvalue weighted by Crippen LogP contribution is 2.37. The number of aliphatic hydroxyl groups excluding tert-OH is 13. The Morgan fingerprint density at radius 2 is 0.838 bits per heavy atom. The molecule has 0 bridgehead atoms. The second-order valence-corrected chi connectivity index (χ2v) is 25.6. The van der Waals surface area contributed by atoms with Gasteiger partial charge in [0.2, 0.25) is 23.6 Å². The summed E-state index contributed by atoms with van der Waals surface area (Å²) in [5, 5.41) is 159. The number of hydrogen-bond acceptors (Lipinski definition) is 31. The summed E-state index contributed by atoms with van der Waals surface area (Å²) in [5.41, 5.74) is 0.0622. The summed E-state index contributed by atoms with van der Waals surface area (Å²) < 4.78 is 78.0. The van der Waals surface area contributed by atoms with Gasteiger partial charge < -0.3 is 155 Å². The van der Waals surface area contributed by atoms with E-state index in [1.807, 2.05) is 0 Å². The van der Waals surface area contributed by atoms with Gasteiger partial charge in [-0.3, -0.25) is 24.0 Å². The Morgan fingerprint density at radius 1 is 0.434 bits per heavy atom. The monoisotopic (exact) mass is 1430 g/mol. The minimum atomic E-state index is -2.06. The number of hydrogen-bond donors (Lipinski definition) is 18. The number of unbranched alkanes of at least 4 members (excludes halogenated alkanes) is 8. The van der Waals surface area contributed by atoms with Crippen molar-refractivity contribution in [2.24, 2.45) is 0 Å². The highest BCUT2D eigenvalue weighted by Gasteiger charge is 2.58. The Bertz CT molecular complexity index is 2680. The normalized spacial score (nSPS) is 39.5. The third-order valence-electron chi connectivity index (χ3n) is 18.2. The van der Waals surface area contributed by atoms with Crippen LogP contribution in [0.15, 0.2) is 24.3 Å². The molecule has 6 heterocycles. The molecule has 14 unspecified atom stereocenters. The lowest BCUT2D eigenvalue weighted by Crippen LogP contribution is -2.72. The zero-order valence-electron chi connectivity index (χ0n) is 56.4. The lowest BCUT2D eigenvalue weighted by Gasteiger charge is -2.51. The van der Waals surface area contributed by atoms with Gasteiger partial charge in [0.25, 0.3) is 5.91 Å². The fraction of sp³-hybridized carbons (Fsp3) is 0.825. The molecular formula is C63H103N5O31. The van der Waals surface area contributed by atoms with Gasteiger partial charge in [-0.15, -0.1) is 0 Å². The van der Waals surface area contributed by atoms with Gasteiger partial charge in [-0.1, -0.05) is 64.4 Å². The van der Waals surface area contributed by atoms with Crippen LogP contribution in [-0.2, 0) is 76.0 Å². The maximum Gasteiger partial charge on any atom is 0.251 e. The van der Waals surface area contributed by atoms with E-state index in [1.54, 1.807) is 12.1 Å². The van der Waals surface area contributed by atoms with Crippen molar-refractivity contribution < 1.29 is 152 Å². The highest BCUT2D eigenvalue weighted by atomic mass is 16.8. The molecule has 0 radical (unpaired) electrons. The predicted octanol–water partition coefficient (Wildman–Crippen LogP) is -6.50. The SMILES string of the molecule is CCCCCCCCCCCOc1cccc(C(=O)N[C@@H]2C(O[C@H]3C(O)C(NC(C)=O)C(OC4C(CO)O[C@@H](O[C@H]5C(O)C(NC(C)=O)C(OC6C(CO[C@@H]7OC(C)C(O)[C@H](O)[C@H]7OC)O[C@@H](O)[C@@H](NC(C)=O)[C@H]6O)O[C@H]5CO)[C@@H](NC(C)=O)[C@H]4O)O[C@H]3CO)OC(CO)[C@@H](O)[C@@H]2O)c1. The van der Waals surface area contributed by atoms with E-state index in [9.17, 15) is 90.4 Å². The quantitative estimate of drug-likeness (QED) is 0.0291. The number of methoxy groups -OCH3 is 1. The van der Waals surface area contributed by atoms with Crippen molar-refractivity contribution in [3.8, 4) is 5.75 Å². The molecule has 18 N–H and O–H groups in total. The first kappa shape index (κ1) is 81.7. The highest BCUT2D eigenvalue weighted by molar-refractivity contribution is 5.94. The van der Waals surface area contributed by atoms with Gasteiger partial charge in [0, 0.05) is 40.4 Å². The molecule has 6 saturated heterocycles. The Balaban J connectivity index is 1.07. The molecule has 36 nitrogen and oxygen atoms in total. The number of carbonyl (C=O) groups excluding carboxylic acids is 5. The zero-order valence-corrected chi connectivity index (χ0v) is 56.4. The largest absolute Gasteiger partial charge is 0.494 e. The number of rotatable bonds is 33. The number of carbonyl (C=O) groups is 5. The number of ether oxygens (including phenoxy) is 13. The maximum atomic E-state index is 14.0. The smallest absolute Gasteiger partial charge is 0.251 e. The average molecular weight is 1430 g/mol. The molecule has 0 aliphatic carbocycles. The molecule has 566 valence electrons. The molecule has 30 atom stereocenters. The summed E-state index contributed by atoms with van der Waals surface area (Å²) in [6.07, 6.45) is -33.4. The van der Waals surface area contributed by atoms with Crippen LogP contribution in [0.3, 0.4) is 0 Å². The van der Waals surface area contributed by atoms with Crippen molar-refractivity contribution in [3.05, 3.63) is 29.8 Å². The van der Waals surface area contributed by atoms with Gasteiger partial charge in [-0.05, 0) is 31.5 Å². The van der Waals surface area contributed by atoms with Gasteiger partial charge in [-0.2, -0.15) is 0 Å². The van der Waals surface area contributed by atoms with Crippen LogP contribution < -0.4 is 31.3 Å². The summed E-state index contributed by atoms with van der Waals surface area (Å²) in [7, 11) is 1.21. The summed E-state index contributed by atoms with van der Waals surface area (Å²) >= 11 is 0. The third kappa shape index (κ3) is 21.1. The minimum absolute atomic E-state index is 0.0622. The first-order chi connectivity index (χ1) is 47.2. The Kier molecular flexibility index (Phi) is 32.0. The molecule has 6 fully saturated rings. The number of amides is 5. The average Bonchev–Trinajstić information content (AvgIpc) is 0.771. The second kappa shape index (κ2) is 38.8. The van der Waals surface area contributed by atoms with Crippen molar-refractivity contribution in [3.63, 3.8) is 0 Å². The first-order valence-electron chi connectivity index (χ1n) is 33.6. The molecule has 99 heavy (non-hydrogen) atoms. The lowest BCUT2D eigenvalue weighted by atomic mass is 9.93. The number of nitrogens with one attached hydrogen (secondary N) is 5. The van der Waals surface area contributed by atoms with E-state index in [0.717, 1.165) is 53.4 Å². The molecule has 1 aromatic carbocycles. The van der Waals surface area contributed by atoms with Crippen LogP contribution in [0.2, 0.25) is 0 Å². The summed E-state index contributed by atoms with van der Waals surface area (Å²) in [5.74, 6) is -3.63. The number of aliphatic hydroxyl groups is 13. The molecular weight excluding hydrogens is 1320 g/mol. The Hall–Kier alpha value is -4.63. The van der Waals surface area contributed by atoms with Crippen molar-refractivity contribution in [2.45, 2.75) is 283 Å². The topological polar surface area (TPSA) is 528 Å². The first-order valence-corrected chi connectivity index (χ1v) is 33.6. The van der Waals surface area contributed by atoms with Gasteiger partial charge in [0.05, 0.1) is 45.7 Å². The van der Waals surface area contributed by atoms with Crippen LogP contribution in [0.25, 0.3) is 0 Å². The molecule has 0 aromatic heterocycles. The van der Waals surface area contributed by atoms with E-state index in [4.69, 9.17) is 61.6 Å². The molecule has 5 amide bonds. The van der Waals surface area contributed by atoms with Gasteiger partial charge in [0.1, 0.15) is 146 Å². The van der Waals surface area contributed by atoms with Crippen LogP contribution in [-0.4, -0.2) is 327 Å². The zero-order chi connectivity index (χ0) is 72.5. The third-order valence-corrected chi connectivity index (χ3v) is 18.2. The van der Waals surface area contributed by atoms with Crippen molar-refractivity contribution in [2.75, 3.05) is 46.8 Å². The fourth-order valence-corrected chi connectivity index (χ4v) is 13.0. The lowest BCUT2D eigenvalue weighted by molar-refractivity contribution is -0.368. The van der Waals surface area contributed by atoms with Crippen LogP contribution in [0.1, 0.15) is 110 Å². The molecule has 0 spiro atoms. The van der Waals surface area contributed by atoms with Gasteiger partial charge >= 0.3 is 0 Å². The maximum absolute atomic E-state index is 14.0. The fourth-order valence-electron chi connectivity index (χ4n) is 13.0. The summed E-state index contributed by atoms with van der Waals surface area (Å²) in [4.78, 5) is 65.1. The summed E-state index contributed by atoms with van der Waals surface area (Å²) in [6, 6.07) is -2.38.